The van der Waals surface area contributed by atoms with Crippen molar-refractivity contribution in [2.45, 2.75) is 12.8 Å². The first-order valence-electron chi connectivity index (χ1n) is 7.35. The molecule has 0 bridgehead atoms. The number of hydrogen-bond donors (Lipinski definition) is 1. The highest BCUT2D eigenvalue weighted by Crippen LogP contribution is 2.20. The molecule has 1 amide bonds. The summed E-state index contributed by atoms with van der Waals surface area (Å²) < 4.78 is 10.3. The van der Waals surface area contributed by atoms with E-state index >= 15 is 0 Å². The van der Waals surface area contributed by atoms with Gasteiger partial charge >= 0.3 is 5.97 Å². The molecule has 0 radical (unpaired) electrons. The molecule has 1 fully saturated rings. The van der Waals surface area contributed by atoms with E-state index in [0.717, 1.165) is 6.42 Å². The molecule has 6 nitrogen and oxygen atoms in total. The van der Waals surface area contributed by atoms with E-state index < -0.39 is 11.9 Å². The number of hydrogen-bond acceptors (Lipinski definition) is 4. The Balaban J connectivity index is 1.95. The molecule has 0 saturated carbocycles. The van der Waals surface area contributed by atoms with Gasteiger partial charge in [0.1, 0.15) is 12.4 Å². The summed E-state index contributed by atoms with van der Waals surface area (Å²) >= 11 is 0. The van der Waals surface area contributed by atoms with Crippen LogP contribution in [0.3, 0.4) is 0 Å². The van der Waals surface area contributed by atoms with Crippen LogP contribution in [0.5, 0.6) is 5.75 Å². The fraction of sp³-hybridized carbons (Fsp3) is 0.500. The summed E-state index contributed by atoms with van der Waals surface area (Å²) in [5.74, 6) is -0.751. The number of methoxy groups -OCH3 is 1. The van der Waals surface area contributed by atoms with Crippen molar-refractivity contribution in [3.63, 3.8) is 0 Å². The third-order valence-electron chi connectivity index (χ3n) is 3.72. The van der Waals surface area contributed by atoms with Gasteiger partial charge in [-0.25, -0.2) is 0 Å². The first kappa shape index (κ1) is 16.3. The Labute approximate surface area is 129 Å². The number of ether oxygens (including phenoxy) is 2. The zero-order valence-corrected chi connectivity index (χ0v) is 12.7. The molecular formula is C16H21NO5. The lowest BCUT2D eigenvalue weighted by molar-refractivity contribution is -0.143. The maximum atomic E-state index is 12.4. The summed E-state index contributed by atoms with van der Waals surface area (Å²) in [5.41, 5.74) is 0.546. The van der Waals surface area contributed by atoms with Crippen LogP contribution < -0.4 is 4.74 Å². The number of benzene rings is 1. The Morgan fingerprint density at radius 1 is 1.27 bits per heavy atom. The highest BCUT2D eigenvalue weighted by Gasteiger charge is 2.28. The average molecular weight is 307 g/mol. The molecule has 1 atom stereocenters. The largest absolute Gasteiger partial charge is 0.491 e. The average Bonchev–Trinajstić information content (AvgIpc) is 2.55. The topological polar surface area (TPSA) is 76.1 Å². The van der Waals surface area contributed by atoms with E-state index in [1.165, 1.54) is 0 Å². The fourth-order valence-corrected chi connectivity index (χ4v) is 2.48. The van der Waals surface area contributed by atoms with Crippen molar-refractivity contribution in [2.24, 2.45) is 5.92 Å². The fourth-order valence-electron chi connectivity index (χ4n) is 2.48. The van der Waals surface area contributed by atoms with E-state index in [2.05, 4.69) is 0 Å². The Bertz CT molecular complexity index is 514. The minimum atomic E-state index is -0.834. The van der Waals surface area contributed by atoms with Gasteiger partial charge in [0, 0.05) is 25.8 Å². The number of carbonyl (C=O) groups excluding carboxylic acids is 1. The van der Waals surface area contributed by atoms with Gasteiger partial charge in [0.2, 0.25) is 0 Å². The molecule has 1 aromatic carbocycles. The van der Waals surface area contributed by atoms with Crippen molar-refractivity contribution in [3.8, 4) is 5.75 Å². The highest BCUT2D eigenvalue weighted by atomic mass is 16.5. The molecule has 2 rings (SSSR count). The molecule has 0 spiro atoms. The van der Waals surface area contributed by atoms with Crippen LogP contribution in [0.15, 0.2) is 24.3 Å². The molecule has 1 saturated heterocycles. The zero-order valence-electron chi connectivity index (χ0n) is 12.7. The second kappa shape index (κ2) is 7.79. The van der Waals surface area contributed by atoms with Gasteiger partial charge in [0.05, 0.1) is 12.5 Å². The second-order valence-corrected chi connectivity index (χ2v) is 5.29. The van der Waals surface area contributed by atoms with Crippen LogP contribution in [0.25, 0.3) is 0 Å². The molecule has 0 aliphatic carbocycles. The number of carbonyl (C=O) groups is 2. The van der Waals surface area contributed by atoms with Crippen LogP contribution in [0.4, 0.5) is 0 Å². The maximum absolute atomic E-state index is 12.4. The zero-order chi connectivity index (χ0) is 15.9. The van der Waals surface area contributed by atoms with Gasteiger partial charge in [-0.05, 0) is 37.1 Å². The van der Waals surface area contributed by atoms with Crippen molar-refractivity contribution in [3.05, 3.63) is 29.8 Å². The van der Waals surface area contributed by atoms with E-state index in [-0.39, 0.29) is 12.5 Å². The second-order valence-electron chi connectivity index (χ2n) is 5.29. The summed E-state index contributed by atoms with van der Waals surface area (Å²) in [6.45, 7) is 1.84. The van der Waals surface area contributed by atoms with E-state index in [1.54, 1.807) is 36.3 Å². The SMILES string of the molecule is COCCOc1ccc(C(=O)N2CCCC(C(=O)O)C2)cc1. The molecular weight excluding hydrogens is 286 g/mol. The Morgan fingerprint density at radius 3 is 2.64 bits per heavy atom. The molecule has 22 heavy (non-hydrogen) atoms. The van der Waals surface area contributed by atoms with Crippen LogP contribution in [-0.2, 0) is 9.53 Å². The van der Waals surface area contributed by atoms with Crippen LogP contribution in [-0.4, -0.2) is 55.3 Å². The van der Waals surface area contributed by atoms with Crippen molar-refractivity contribution in [2.75, 3.05) is 33.4 Å². The lowest BCUT2D eigenvalue weighted by atomic mass is 9.97. The lowest BCUT2D eigenvalue weighted by Crippen LogP contribution is -2.42. The molecule has 120 valence electrons. The van der Waals surface area contributed by atoms with Crippen molar-refractivity contribution in [1.29, 1.82) is 0 Å². The summed E-state index contributed by atoms with van der Waals surface area (Å²) in [6.07, 6.45) is 1.35. The number of piperidine rings is 1. The minimum Gasteiger partial charge on any atom is -0.491 e. The van der Waals surface area contributed by atoms with E-state index in [9.17, 15) is 9.59 Å². The molecule has 1 aromatic rings. The number of carboxylic acids is 1. The quantitative estimate of drug-likeness (QED) is 0.809. The lowest BCUT2D eigenvalue weighted by Gasteiger charge is -2.30. The van der Waals surface area contributed by atoms with Crippen molar-refractivity contribution < 1.29 is 24.2 Å². The molecule has 1 N–H and O–H groups in total. The first-order chi connectivity index (χ1) is 10.6. The van der Waals surface area contributed by atoms with E-state index in [1.807, 2.05) is 0 Å². The van der Waals surface area contributed by atoms with E-state index in [0.29, 0.717) is 37.5 Å². The Kier molecular flexibility index (Phi) is 5.77. The predicted molar refractivity (Wildman–Crippen MR) is 80.1 cm³/mol. The van der Waals surface area contributed by atoms with Gasteiger partial charge in [0.15, 0.2) is 0 Å². The van der Waals surface area contributed by atoms with Gasteiger partial charge < -0.3 is 19.5 Å². The Morgan fingerprint density at radius 2 is 2.00 bits per heavy atom. The smallest absolute Gasteiger partial charge is 0.308 e. The molecule has 1 aliphatic heterocycles. The molecule has 1 unspecified atom stereocenters. The van der Waals surface area contributed by atoms with Crippen molar-refractivity contribution >= 4 is 11.9 Å². The first-order valence-corrected chi connectivity index (χ1v) is 7.35. The predicted octanol–water partition coefficient (Wildman–Crippen LogP) is 1.65. The molecule has 1 heterocycles. The number of aliphatic carboxylic acids is 1. The highest BCUT2D eigenvalue weighted by molar-refractivity contribution is 5.94. The van der Waals surface area contributed by atoms with Gasteiger partial charge in [0.25, 0.3) is 5.91 Å². The number of amides is 1. The normalized spacial score (nSPS) is 18.0. The molecule has 0 aromatic heterocycles. The Hall–Kier alpha value is -2.08. The number of rotatable bonds is 6. The number of carboxylic acid groups (broad SMARTS) is 1. The summed E-state index contributed by atoms with van der Waals surface area (Å²) in [5, 5.41) is 9.08. The maximum Gasteiger partial charge on any atom is 0.308 e. The molecule has 1 aliphatic rings. The molecule has 6 heteroatoms. The van der Waals surface area contributed by atoms with Gasteiger partial charge in [-0.15, -0.1) is 0 Å². The van der Waals surface area contributed by atoms with Crippen LogP contribution >= 0.6 is 0 Å². The van der Waals surface area contributed by atoms with Crippen LogP contribution in [0, 0.1) is 5.92 Å². The monoisotopic (exact) mass is 307 g/mol. The van der Waals surface area contributed by atoms with Crippen LogP contribution in [0.2, 0.25) is 0 Å². The summed E-state index contributed by atoms with van der Waals surface area (Å²) in [4.78, 5) is 25.1. The van der Waals surface area contributed by atoms with Gasteiger partial charge in [-0.1, -0.05) is 0 Å². The van der Waals surface area contributed by atoms with Crippen molar-refractivity contribution in [1.82, 2.24) is 4.90 Å². The summed E-state index contributed by atoms with van der Waals surface area (Å²) in [6, 6.07) is 6.88. The number of likely N-dealkylation sites (tertiary alicyclic amines) is 1. The van der Waals surface area contributed by atoms with Crippen LogP contribution in [0.1, 0.15) is 23.2 Å². The van der Waals surface area contributed by atoms with Gasteiger partial charge in [-0.2, -0.15) is 0 Å². The van der Waals surface area contributed by atoms with E-state index in [4.69, 9.17) is 14.6 Å². The van der Waals surface area contributed by atoms with Gasteiger partial charge in [-0.3, -0.25) is 9.59 Å². The third kappa shape index (κ3) is 4.21. The minimum absolute atomic E-state index is 0.130. The summed E-state index contributed by atoms with van der Waals surface area (Å²) in [7, 11) is 1.61. The number of nitrogens with zero attached hydrogens (tertiary/aromatic N) is 1. The standard InChI is InChI=1S/C16H21NO5/c1-21-9-10-22-14-6-4-12(5-7-14)15(18)17-8-2-3-13(11-17)16(19)20/h4-7,13H,2-3,8-11H2,1H3,(H,19,20). The third-order valence-corrected chi connectivity index (χ3v) is 3.72.